The minimum absolute atomic E-state index is 0.000129. The van der Waals surface area contributed by atoms with Gasteiger partial charge in [0.25, 0.3) is 0 Å². The second-order valence-electron chi connectivity index (χ2n) is 6.09. The summed E-state index contributed by atoms with van der Waals surface area (Å²) in [6, 6.07) is 4.26. The van der Waals surface area contributed by atoms with Crippen LogP contribution in [0.25, 0.3) is 0 Å². The number of halogens is 3. The van der Waals surface area contributed by atoms with E-state index in [-0.39, 0.29) is 17.9 Å². The highest BCUT2D eigenvalue weighted by Crippen LogP contribution is 2.32. The van der Waals surface area contributed by atoms with Crippen molar-refractivity contribution in [3.05, 3.63) is 47.5 Å². The van der Waals surface area contributed by atoms with Gasteiger partial charge < -0.3 is 11.1 Å². The standard InChI is InChI=1S/C17H19F3N2O2/c1-16(15(21)24,22-14(23)9-11-5-2-3-6-11)12-7-4-8-13(10-12)17(18,19)20/h2,4-5,7-8,10-11H,3,6,9H2,1H3,(H2,21,24)(H,22,23)/t11-,16-/m0/s1. The number of hydrogen-bond donors (Lipinski definition) is 2. The molecule has 0 radical (unpaired) electrons. The molecule has 0 unspecified atom stereocenters. The van der Waals surface area contributed by atoms with E-state index in [4.69, 9.17) is 5.73 Å². The summed E-state index contributed by atoms with van der Waals surface area (Å²) in [7, 11) is 0. The Bertz CT molecular complexity index is 670. The van der Waals surface area contributed by atoms with Crippen molar-refractivity contribution < 1.29 is 22.8 Å². The summed E-state index contributed by atoms with van der Waals surface area (Å²) in [6.07, 6.45) is 1.23. The van der Waals surface area contributed by atoms with Crippen molar-refractivity contribution in [3.63, 3.8) is 0 Å². The first-order chi connectivity index (χ1) is 11.1. The summed E-state index contributed by atoms with van der Waals surface area (Å²) < 4.78 is 38.6. The SMILES string of the molecule is C[C@@](NC(=O)C[C@H]1C=CCC1)(C(N)=O)c1cccc(C(F)(F)F)c1. The van der Waals surface area contributed by atoms with Gasteiger partial charge in [-0.05, 0) is 43.4 Å². The number of rotatable bonds is 5. The second-order valence-corrected chi connectivity index (χ2v) is 6.09. The average molecular weight is 340 g/mol. The minimum Gasteiger partial charge on any atom is -0.367 e. The Balaban J connectivity index is 2.25. The summed E-state index contributed by atoms with van der Waals surface area (Å²) in [4.78, 5) is 24.1. The van der Waals surface area contributed by atoms with Gasteiger partial charge >= 0.3 is 6.18 Å². The van der Waals surface area contributed by atoms with Gasteiger partial charge in [0.2, 0.25) is 11.8 Å². The third-order valence-corrected chi connectivity index (χ3v) is 4.21. The first-order valence-corrected chi connectivity index (χ1v) is 7.58. The zero-order valence-electron chi connectivity index (χ0n) is 13.2. The van der Waals surface area contributed by atoms with Crippen LogP contribution in [0, 0.1) is 5.92 Å². The quantitative estimate of drug-likeness (QED) is 0.809. The van der Waals surface area contributed by atoms with Crippen LogP contribution in [-0.4, -0.2) is 11.8 Å². The molecule has 2 amide bonds. The van der Waals surface area contributed by atoms with Crippen molar-refractivity contribution >= 4 is 11.8 Å². The fourth-order valence-electron chi connectivity index (χ4n) is 2.72. The highest BCUT2D eigenvalue weighted by Gasteiger charge is 2.38. The smallest absolute Gasteiger partial charge is 0.367 e. The van der Waals surface area contributed by atoms with Gasteiger partial charge in [-0.25, -0.2) is 0 Å². The Hall–Kier alpha value is -2.31. The lowest BCUT2D eigenvalue weighted by atomic mass is 9.89. The molecule has 0 saturated heterocycles. The summed E-state index contributed by atoms with van der Waals surface area (Å²) in [5, 5.41) is 2.50. The van der Waals surface area contributed by atoms with Crippen molar-refractivity contribution in [2.75, 3.05) is 0 Å². The molecule has 0 fully saturated rings. The topological polar surface area (TPSA) is 72.2 Å². The molecule has 0 saturated carbocycles. The molecule has 24 heavy (non-hydrogen) atoms. The molecule has 1 aromatic carbocycles. The van der Waals surface area contributed by atoms with Gasteiger partial charge in [-0.2, -0.15) is 13.2 Å². The predicted molar refractivity (Wildman–Crippen MR) is 82.6 cm³/mol. The molecule has 0 aliphatic heterocycles. The van der Waals surface area contributed by atoms with Crippen LogP contribution in [0.3, 0.4) is 0 Å². The largest absolute Gasteiger partial charge is 0.416 e. The van der Waals surface area contributed by atoms with Crippen LogP contribution in [0.1, 0.15) is 37.3 Å². The van der Waals surface area contributed by atoms with E-state index in [0.717, 1.165) is 25.0 Å². The van der Waals surface area contributed by atoms with E-state index in [1.165, 1.54) is 19.1 Å². The molecular formula is C17H19F3N2O2. The van der Waals surface area contributed by atoms with E-state index in [9.17, 15) is 22.8 Å². The molecule has 7 heteroatoms. The van der Waals surface area contributed by atoms with E-state index in [2.05, 4.69) is 5.32 Å². The highest BCUT2D eigenvalue weighted by molar-refractivity contribution is 5.91. The Morgan fingerprint density at radius 3 is 2.50 bits per heavy atom. The number of hydrogen-bond acceptors (Lipinski definition) is 2. The third-order valence-electron chi connectivity index (χ3n) is 4.21. The monoisotopic (exact) mass is 340 g/mol. The van der Waals surface area contributed by atoms with Crippen LogP contribution in [0.15, 0.2) is 36.4 Å². The highest BCUT2D eigenvalue weighted by atomic mass is 19.4. The molecule has 0 bridgehead atoms. The van der Waals surface area contributed by atoms with E-state index in [1.54, 1.807) is 0 Å². The Labute approximate surface area is 137 Å². The average Bonchev–Trinajstić information content (AvgIpc) is 2.98. The lowest BCUT2D eigenvalue weighted by molar-refractivity contribution is -0.138. The number of primary amides is 1. The van der Waals surface area contributed by atoms with Gasteiger partial charge in [-0.1, -0.05) is 24.3 Å². The molecule has 1 aliphatic rings. The number of nitrogens with one attached hydrogen (secondary N) is 1. The minimum atomic E-state index is -4.55. The van der Waals surface area contributed by atoms with Crippen molar-refractivity contribution in [2.24, 2.45) is 11.7 Å². The molecule has 130 valence electrons. The summed E-state index contributed by atoms with van der Waals surface area (Å²) in [5.74, 6) is -1.27. The van der Waals surface area contributed by atoms with E-state index in [1.807, 2.05) is 12.2 Å². The second kappa shape index (κ2) is 6.67. The van der Waals surface area contributed by atoms with Crippen LogP contribution < -0.4 is 11.1 Å². The molecule has 2 rings (SSSR count). The number of carbonyl (C=O) groups is 2. The summed E-state index contributed by atoms with van der Waals surface area (Å²) in [6.45, 7) is 1.31. The van der Waals surface area contributed by atoms with E-state index in [0.29, 0.717) is 0 Å². The fraction of sp³-hybridized carbons (Fsp3) is 0.412. The van der Waals surface area contributed by atoms with Crippen LogP contribution in [0.5, 0.6) is 0 Å². The molecule has 3 N–H and O–H groups in total. The molecule has 1 aliphatic carbocycles. The van der Waals surface area contributed by atoms with Gasteiger partial charge in [0, 0.05) is 6.42 Å². The first-order valence-electron chi connectivity index (χ1n) is 7.58. The molecule has 0 spiro atoms. The molecule has 4 nitrogen and oxygen atoms in total. The lowest BCUT2D eigenvalue weighted by Crippen LogP contribution is -2.53. The van der Waals surface area contributed by atoms with Gasteiger partial charge in [0.05, 0.1) is 5.56 Å². The van der Waals surface area contributed by atoms with Crippen LogP contribution in [-0.2, 0) is 21.3 Å². The zero-order chi connectivity index (χ0) is 18.0. The van der Waals surface area contributed by atoms with Crippen molar-refractivity contribution in [2.45, 2.75) is 37.9 Å². The normalized spacial score (nSPS) is 19.8. The zero-order valence-corrected chi connectivity index (χ0v) is 13.2. The number of alkyl halides is 3. The van der Waals surface area contributed by atoms with Gasteiger partial charge in [-0.3, -0.25) is 9.59 Å². The van der Waals surface area contributed by atoms with Crippen molar-refractivity contribution in [1.82, 2.24) is 5.32 Å². The van der Waals surface area contributed by atoms with Crippen LogP contribution in [0.4, 0.5) is 13.2 Å². The molecule has 0 heterocycles. The maximum atomic E-state index is 12.9. The van der Waals surface area contributed by atoms with Gasteiger partial charge in [0.15, 0.2) is 0 Å². The maximum Gasteiger partial charge on any atom is 0.416 e. The number of carbonyl (C=O) groups excluding carboxylic acids is 2. The Kier molecular flexibility index (Phi) is 5.01. The lowest BCUT2D eigenvalue weighted by Gasteiger charge is -2.29. The number of allylic oxidation sites excluding steroid dienone is 2. The predicted octanol–water partition coefficient (Wildman–Crippen LogP) is 2.88. The first kappa shape index (κ1) is 18.0. The number of benzene rings is 1. The van der Waals surface area contributed by atoms with Crippen LogP contribution >= 0.6 is 0 Å². The third kappa shape index (κ3) is 3.96. The molecule has 0 aromatic heterocycles. The van der Waals surface area contributed by atoms with Gasteiger partial charge in [0.1, 0.15) is 5.54 Å². The van der Waals surface area contributed by atoms with Gasteiger partial charge in [-0.15, -0.1) is 0 Å². The number of amides is 2. The van der Waals surface area contributed by atoms with Crippen molar-refractivity contribution in [3.8, 4) is 0 Å². The molecule has 2 atom stereocenters. The fourth-order valence-corrected chi connectivity index (χ4v) is 2.72. The van der Waals surface area contributed by atoms with Crippen molar-refractivity contribution in [1.29, 1.82) is 0 Å². The van der Waals surface area contributed by atoms with E-state index < -0.39 is 29.1 Å². The Morgan fingerprint density at radius 2 is 1.96 bits per heavy atom. The maximum absolute atomic E-state index is 12.9. The molecular weight excluding hydrogens is 321 g/mol. The van der Waals surface area contributed by atoms with E-state index >= 15 is 0 Å². The van der Waals surface area contributed by atoms with Crippen LogP contribution in [0.2, 0.25) is 0 Å². The number of nitrogens with two attached hydrogens (primary N) is 1. The summed E-state index contributed by atoms with van der Waals surface area (Å²) in [5.41, 5.74) is 2.76. The molecule has 1 aromatic rings. The summed E-state index contributed by atoms with van der Waals surface area (Å²) >= 11 is 0. The Morgan fingerprint density at radius 1 is 1.29 bits per heavy atom.